The van der Waals surface area contributed by atoms with Crippen LogP contribution in [0.25, 0.3) is 0 Å². The topological polar surface area (TPSA) is 77.8 Å². The molecule has 0 bridgehead atoms. The summed E-state index contributed by atoms with van der Waals surface area (Å²) in [7, 11) is 0. The first-order valence-electron chi connectivity index (χ1n) is 5.43. The second-order valence-corrected chi connectivity index (χ2v) is 4.57. The number of aromatic nitrogens is 3. The zero-order chi connectivity index (χ0) is 12.1. The lowest BCUT2D eigenvalue weighted by Crippen LogP contribution is -1.90. The Labute approximate surface area is 104 Å². The molecule has 0 spiro atoms. The third-order valence-corrected chi connectivity index (χ3v) is 3.22. The first-order valence-corrected chi connectivity index (χ1v) is 6.42. The predicted octanol–water partition coefficient (Wildman–Crippen LogP) is 2.29. The molecule has 0 fully saturated rings. The number of nitrogens with zero attached hydrogens (tertiary/aromatic N) is 3. The van der Waals surface area contributed by atoms with E-state index in [0.29, 0.717) is 17.3 Å². The number of pyridine rings is 1. The van der Waals surface area contributed by atoms with Crippen LogP contribution in [0, 0.1) is 0 Å². The second-order valence-electron chi connectivity index (χ2n) is 3.56. The fraction of sp³-hybridized carbons (Fsp3) is 0.364. The number of aryl methyl sites for hydroxylation is 1. The Balaban J connectivity index is 1.95. The van der Waals surface area contributed by atoms with Crippen molar-refractivity contribution >= 4 is 17.4 Å². The van der Waals surface area contributed by atoms with E-state index in [-0.39, 0.29) is 0 Å². The summed E-state index contributed by atoms with van der Waals surface area (Å²) in [5.74, 6) is 2.03. The van der Waals surface area contributed by atoms with Gasteiger partial charge in [-0.05, 0) is 12.5 Å². The molecule has 0 atom stereocenters. The minimum absolute atomic E-state index is 0.630. The van der Waals surface area contributed by atoms with E-state index in [1.54, 1.807) is 24.2 Å². The van der Waals surface area contributed by atoms with Crippen LogP contribution in [0.15, 0.2) is 27.9 Å². The van der Waals surface area contributed by atoms with Crippen LogP contribution in [0.2, 0.25) is 0 Å². The quantitative estimate of drug-likeness (QED) is 0.820. The SMILES string of the molecule is CCCc1noc(CSc2ccncc2N)n1. The van der Waals surface area contributed by atoms with E-state index < -0.39 is 0 Å². The van der Waals surface area contributed by atoms with Gasteiger partial charge in [-0.25, -0.2) is 0 Å². The van der Waals surface area contributed by atoms with Gasteiger partial charge in [-0.1, -0.05) is 12.1 Å². The van der Waals surface area contributed by atoms with Crippen molar-refractivity contribution in [1.82, 2.24) is 15.1 Å². The molecule has 2 aromatic rings. The summed E-state index contributed by atoms with van der Waals surface area (Å²) in [5.41, 5.74) is 6.46. The highest BCUT2D eigenvalue weighted by Gasteiger charge is 2.07. The third kappa shape index (κ3) is 3.20. The maximum atomic E-state index is 5.79. The van der Waals surface area contributed by atoms with Gasteiger partial charge in [-0.3, -0.25) is 4.98 Å². The Morgan fingerprint density at radius 2 is 2.35 bits per heavy atom. The standard InChI is InChI=1S/C11H14N4OS/c1-2-3-10-14-11(16-15-10)7-17-9-4-5-13-6-8(9)12/h4-6H,2-3,7,12H2,1H3. The molecular weight excluding hydrogens is 236 g/mol. The highest BCUT2D eigenvalue weighted by Crippen LogP contribution is 2.26. The van der Waals surface area contributed by atoms with Gasteiger partial charge in [-0.2, -0.15) is 4.98 Å². The van der Waals surface area contributed by atoms with E-state index in [1.807, 2.05) is 6.07 Å². The number of anilines is 1. The molecule has 90 valence electrons. The van der Waals surface area contributed by atoms with E-state index in [1.165, 1.54) is 0 Å². The van der Waals surface area contributed by atoms with Gasteiger partial charge in [0, 0.05) is 17.5 Å². The lowest BCUT2D eigenvalue weighted by atomic mass is 10.3. The van der Waals surface area contributed by atoms with Crippen LogP contribution in [0.3, 0.4) is 0 Å². The van der Waals surface area contributed by atoms with Crippen LogP contribution in [-0.2, 0) is 12.2 Å². The highest BCUT2D eigenvalue weighted by atomic mass is 32.2. The molecule has 2 heterocycles. The second kappa shape index (κ2) is 5.67. The van der Waals surface area contributed by atoms with Gasteiger partial charge < -0.3 is 10.3 Å². The fourth-order valence-electron chi connectivity index (χ4n) is 1.34. The van der Waals surface area contributed by atoms with Crippen molar-refractivity contribution in [2.75, 3.05) is 5.73 Å². The maximum absolute atomic E-state index is 5.79. The normalized spacial score (nSPS) is 10.6. The molecule has 0 saturated carbocycles. The average molecular weight is 250 g/mol. The Kier molecular flexibility index (Phi) is 3.98. The van der Waals surface area contributed by atoms with Crippen LogP contribution >= 0.6 is 11.8 Å². The predicted molar refractivity (Wildman–Crippen MR) is 66.5 cm³/mol. The number of hydrogen-bond acceptors (Lipinski definition) is 6. The van der Waals surface area contributed by atoms with Gasteiger partial charge in [0.1, 0.15) is 0 Å². The molecule has 5 nitrogen and oxygen atoms in total. The van der Waals surface area contributed by atoms with Crippen molar-refractivity contribution in [2.24, 2.45) is 0 Å². The molecule has 0 aliphatic rings. The summed E-state index contributed by atoms with van der Waals surface area (Å²) in [6, 6.07) is 1.88. The Hall–Kier alpha value is -1.56. The van der Waals surface area contributed by atoms with Crippen LogP contribution < -0.4 is 5.73 Å². The molecule has 0 aromatic carbocycles. The van der Waals surface area contributed by atoms with Crippen LogP contribution in [0.5, 0.6) is 0 Å². The fourth-order valence-corrected chi connectivity index (χ4v) is 2.11. The molecule has 17 heavy (non-hydrogen) atoms. The van der Waals surface area contributed by atoms with Gasteiger partial charge in [0.25, 0.3) is 0 Å². The highest BCUT2D eigenvalue weighted by molar-refractivity contribution is 7.98. The van der Waals surface area contributed by atoms with Crippen molar-refractivity contribution in [2.45, 2.75) is 30.4 Å². The zero-order valence-electron chi connectivity index (χ0n) is 9.59. The number of nitrogen functional groups attached to an aromatic ring is 1. The van der Waals surface area contributed by atoms with E-state index in [2.05, 4.69) is 22.0 Å². The van der Waals surface area contributed by atoms with E-state index in [0.717, 1.165) is 23.6 Å². The summed E-state index contributed by atoms with van der Waals surface area (Å²) >= 11 is 1.57. The number of nitrogens with two attached hydrogens (primary N) is 1. The third-order valence-electron chi connectivity index (χ3n) is 2.15. The van der Waals surface area contributed by atoms with Gasteiger partial charge in [-0.15, -0.1) is 11.8 Å². The Morgan fingerprint density at radius 1 is 1.47 bits per heavy atom. The van der Waals surface area contributed by atoms with Crippen molar-refractivity contribution in [3.05, 3.63) is 30.2 Å². The van der Waals surface area contributed by atoms with Crippen molar-refractivity contribution in [3.8, 4) is 0 Å². The molecule has 0 aliphatic carbocycles. The van der Waals surface area contributed by atoms with Crippen LogP contribution in [0.1, 0.15) is 25.1 Å². The summed E-state index contributed by atoms with van der Waals surface area (Å²) in [6.45, 7) is 2.09. The monoisotopic (exact) mass is 250 g/mol. The lowest BCUT2D eigenvalue weighted by molar-refractivity contribution is 0.384. The molecule has 0 aliphatic heterocycles. The van der Waals surface area contributed by atoms with Crippen molar-refractivity contribution < 1.29 is 4.52 Å². The largest absolute Gasteiger partial charge is 0.397 e. The minimum Gasteiger partial charge on any atom is -0.397 e. The van der Waals surface area contributed by atoms with Gasteiger partial charge in [0.2, 0.25) is 5.89 Å². The van der Waals surface area contributed by atoms with E-state index in [9.17, 15) is 0 Å². The van der Waals surface area contributed by atoms with Crippen LogP contribution in [-0.4, -0.2) is 15.1 Å². The molecule has 0 radical (unpaired) electrons. The summed E-state index contributed by atoms with van der Waals surface area (Å²) in [4.78, 5) is 9.21. The van der Waals surface area contributed by atoms with Gasteiger partial charge >= 0.3 is 0 Å². The maximum Gasteiger partial charge on any atom is 0.237 e. The van der Waals surface area contributed by atoms with Crippen molar-refractivity contribution in [3.63, 3.8) is 0 Å². The minimum atomic E-state index is 0.630. The first-order chi connectivity index (χ1) is 8.29. The Bertz CT molecular complexity index is 486. The van der Waals surface area contributed by atoms with E-state index in [4.69, 9.17) is 10.3 Å². The molecule has 2 N–H and O–H groups in total. The smallest absolute Gasteiger partial charge is 0.237 e. The number of rotatable bonds is 5. The molecule has 2 aromatic heterocycles. The number of hydrogen-bond donors (Lipinski definition) is 1. The van der Waals surface area contributed by atoms with E-state index >= 15 is 0 Å². The zero-order valence-corrected chi connectivity index (χ0v) is 10.4. The summed E-state index contributed by atoms with van der Waals surface area (Å²) in [5, 5.41) is 3.90. The summed E-state index contributed by atoms with van der Waals surface area (Å²) < 4.78 is 5.14. The van der Waals surface area contributed by atoms with Crippen LogP contribution in [0.4, 0.5) is 5.69 Å². The summed E-state index contributed by atoms with van der Waals surface area (Å²) in [6.07, 6.45) is 5.22. The molecular formula is C11H14N4OS. The lowest BCUT2D eigenvalue weighted by Gasteiger charge is -2.01. The Morgan fingerprint density at radius 3 is 3.12 bits per heavy atom. The molecule has 6 heteroatoms. The molecule has 0 amide bonds. The van der Waals surface area contributed by atoms with Crippen molar-refractivity contribution in [1.29, 1.82) is 0 Å². The molecule has 0 unspecified atom stereocenters. The molecule has 2 rings (SSSR count). The number of thioether (sulfide) groups is 1. The first kappa shape index (κ1) is 11.9. The average Bonchev–Trinajstić information content (AvgIpc) is 2.76. The van der Waals surface area contributed by atoms with Gasteiger partial charge in [0.15, 0.2) is 5.82 Å². The van der Waals surface area contributed by atoms with Gasteiger partial charge in [0.05, 0.1) is 17.6 Å². The molecule has 0 saturated heterocycles.